The lowest BCUT2D eigenvalue weighted by molar-refractivity contribution is 0.123. The van der Waals surface area contributed by atoms with Gasteiger partial charge in [0.1, 0.15) is 0 Å². The third-order valence-electron chi connectivity index (χ3n) is 3.71. The third-order valence-corrected chi connectivity index (χ3v) is 3.71. The highest BCUT2D eigenvalue weighted by Crippen LogP contribution is 2.23. The first-order valence-electron chi connectivity index (χ1n) is 6.66. The molecule has 0 amide bonds. The molecule has 1 aromatic carbocycles. The Bertz CT molecular complexity index is 412. The molecule has 0 aromatic heterocycles. The van der Waals surface area contributed by atoms with Crippen molar-refractivity contribution in [1.82, 2.24) is 4.90 Å². The molecule has 0 aliphatic carbocycles. The number of carbonyl (C=O) groups excluding carboxylic acids is 1. The Morgan fingerprint density at radius 3 is 2.89 bits per heavy atom. The molecule has 1 heterocycles. The van der Waals surface area contributed by atoms with Gasteiger partial charge in [0.05, 0.1) is 6.04 Å². The summed E-state index contributed by atoms with van der Waals surface area (Å²) in [5, 5.41) is 0. The van der Waals surface area contributed by atoms with Crippen LogP contribution in [0.4, 0.5) is 0 Å². The minimum Gasteiger partial charge on any atom is -0.294 e. The van der Waals surface area contributed by atoms with Crippen molar-refractivity contribution in [2.45, 2.75) is 44.8 Å². The van der Waals surface area contributed by atoms with Crippen LogP contribution in [0.5, 0.6) is 0 Å². The van der Waals surface area contributed by atoms with E-state index >= 15 is 0 Å². The van der Waals surface area contributed by atoms with E-state index in [-0.39, 0.29) is 6.04 Å². The maximum Gasteiger partial charge on any atom is 0.235 e. The Kier molecular flexibility index (Phi) is 4.68. The molecule has 1 aliphatic rings. The molecule has 1 saturated heterocycles. The summed E-state index contributed by atoms with van der Waals surface area (Å²) in [6.45, 7) is 4.06. The molecule has 2 unspecified atom stereocenters. The number of isocyanates is 1. The first kappa shape index (κ1) is 13.0. The van der Waals surface area contributed by atoms with Crippen molar-refractivity contribution in [1.29, 1.82) is 0 Å². The van der Waals surface area contributed by atoms with E-state index in [0.29, 0.717) is 6.04 Å². The summed E-state index contributed by atoms with van der Waals surface area (Å²) in [5.74, 6) is 0. The highest BCUT2D eigenvalue weighted by molar-refractivity contribution is 5.33. The number of benzene rings is 1. The zero-order valence-electron chi connectivity index (χ0n) is 10.9. The van der Waals surface area contributed by atoms with Crippen molar-refractivity contribution in [2.24, 2.45) is 4.99 Å². The lowest BCUT2D eigenvalue weighted by Crippen LogP contribution is -2.44. The van der Waals surface area contributed by atoms with Gasteiger partial charge in [0, 0.05) is 12.6 Å². The average molecular weight is 244 g/mol. The molecule has 3 nitrogen and oxygen atoms in total. The first-order valence-corrected chi connectivity index (χ1v) is 6.66. The van der Waals surface area contributed by atoms with Gasteiger partial charge in [-0.2, -0.15) is 0 Å². The van der Waals surface area contributed by atoms with Crippen LogP contribution in [0.3, 0.4) is 0 Å². The van der Waals surface area contributed by atoms with Crippen LogP contribution < -0.4 is 0 Å². The number of piperidine rings is 1. The zero-order valence-corrected chi connectivity index (χ0v) is 10.9. The van der Waals surface area contributed by atoms with Gasteiger partial charge in [0.15, 0.2) is 0 Å². The molecule has 0 N–H and O–H groups in total. The Balaban J connectivity index is 2.06. The smallest absolute Gasteiger partial charge is 0.235 e. The molecule has 0 bridgehead atoms. The Hall–Kier alpha value is -1.44. The predicted molar refractivity (Wildman–Crippen MR) is 72.1 cm³/mol. The van der Waals surface area contributed by atoms with Crippen LogP contribution in [-0.2, 0) is 11.3 Å². The minimum atomic E-state index is 0.0477. The van der Waals surface area contributed by atoms with Gasteiger partial charge in [0.2, 0.25) is 6.08 Å². The van der Waals surface area contributed by atoms with Crippen LogP contribution in [0.15, 0.2) is 35.3 Å². The van der Waals surface area contributed by atoms with Gasteiger partial charge < -0.3 is 0 Å². The monoisotopic (exact) mass is 244 g/mol. The van der Waals surface area contributed by atoms with Gasteiger partial charge in [-0.05, 0) is 31.9 Å². The Labute approximate surface area is 109 Å². The first-order chi connectivity index (χ1) is 8.81. The number of hydrogen-bond acceptors (Lipinski definition) is 3. The molecule has 0 saturated carbocycles. The molecular weight excluding hydrogens is 224 g/mol. The number of hydrogen-bond donors (Lipinski definition) is 0. The third kappa shape index (κ3) is 3.28. The highest BCUT2D eigenvalue weighted by Gasteiger charge is 2.27. The second-order valence-corrected chi connectivity index (χ2v) is 4.98. The van der Waals surface area contributed by atoms with Crippen molar-refractivity contribution < 1.29 is 4.79 Å². The molecule has 0 spiro atoms. The molecule has 1 aromatic rings. The Morgan fingerprint density at radius 1 is 1.39 bits per heavy atom. The normalized spacial score (nSPS) is 22.2. The number of nitrogens with zero attached hydrogens (tertiary/aromatic N) is 2. The summed E-state index contributed by atoms with van der Waals surface area (Å²) in [6, 6.07) is 10.9. The molecule has 1 aliphatic heterocycles. The second-order valence-electron chi connectivity index (χ2n) is 4.98. The highest BCUT2D eigenvalue weighted by atomic mass is 16.1. The summed E-state index contributed by atoms with van der Waals surface area (Å²) >= 11 is 0. The predicted octanol–water partition coefficient (Wildman–Crippen LogP) is 2.77. The standard InChI is InChI=1S/C15H20N2O/c1-13(16-12-18)15-9-5-6-10-17(15)11-14-7-3-2-4-8-14/h2-4,7-8,13,15H,5-6,9-11H2,1H3. The van der Waals surface area contributed by atoms with Crippen LogP contribution >= 0.6 is 0 Å². The van der Waals surface area contributed by atoms with Gasteiger partial charge in [-0.3, -0.25) is 4.90 Å². The van der Waals surface area contributed by atoms with Gasteiger partial charge in [-0.15, -0.1) is 0 Å². The fourth-order valence-corrected chi connectivity index (χ4v) is 2.75. The molecule has 0 radical (unpaired) electrons. The molecule has 2 atom stereocenters. The van der Waals surface area contributed by atoms with Crippen LogP contribution in [-0.4, -0.2) is 29.6 Å². The lowest BCUT2D eigenvalue weighted by atomic mass is 9.96. The van der Waals surface area contributed by atoms with Crippen LogP contribution in [0.25, 0.3) is 0 Å². The molecule has 2 rings (SSSR count). The Morgan fingerprint density at radius 2 is 2.17 bits per heavy atom. The fourth-order valence-electron chi connectivity index (χ4n) is 2.75. The largest absolute Gasteiger partial charge is 0.294 e. The molecule has 3 heteroatoms. The molecule has 96 valence electrons. The minimum absolute atomic E-state index is 0.0477. The maximum atomic E-state index is 10.4. The van der Waals surface area contributed by atoms with Crippen molar-refractivity contribution in [3.8, 4) is 0 Å². The summed E-state index contributed by atoms with van der Waals surface area (Å²) in [5.41, 5.74) is 1.33. The zero-order chi connectivity index (χ0) is 12.8. The van der Waals surface area contributed by atoms with Crippen molar-refractivity contribution in [3.05, 3.63) is 35.9 Å². The molecular formula is C15H20N2O. The fraction of sp³-hybridized carbons (Fsp3) is 0.533. The summed E-state index contributed by atoms with van der Waals surface area (Å²) in [4.78, 5) is 16.8. The van der Waals surface area contributed by atoms with E-state index in [9.17, 15) is 4.79 Å². The van der Waals surface area contributed by atoms with Crippen molar-refractivity contribution in [3.63, 3.8) is 0 Å². The van der Waals surface area contributed by atoms with Gasteiger partial charge in [-0.1, -0.05) is 36.8 Å². The summed E-state index contributed by atoms with van der Waals surface area (Å²) in [7, 11) is 0. The summed E-state index contributed by atoms with van der Waals surface area (Å²) < 4.78 is 0. The average Bonchev–Trinajstić information content (AvgIpc) is 2.41. The van der Waals surface area contributed by atoms with Crippen LogP contribution in [0, 0.1) is 0 Å². The van der Waals surface area contributed by atoms with Gasteiger partial charge in [-0.25, -0.2) is 9.79 Å². The topological polar surface area (TPSA) is 32.7 Å². The van der Waals surface area contributed by atoms with Crippen LogP contribution in [0.1, 0.15) is 31.7 Å². The van der Waals surface area contributed by atoms with Gasteiger partial charge in [0.25, 0.3) is 0 Å². The number of aliphatic imine (C=N–C) groups is 1. The van der Waals surface area contributed by atoms with Crippen molar-refractivity contribution >= 4 is 6.08 Å². The lowest BCUT2D eigenvalue weighted by Gasteiger charge is -2.37. The molecule has 1 fully saturated rings. The second kappa shape index (κ2) is 6.48. The number of rotatable bonds is 4. The van der Waals surface area contributed by atoms with Gasteiger partial charge >= 0.3 is 0 Å². The number of likely N-dealkylation sites (tertiary alicyclic amines) is 1. The van der Waals surface area contributed by atoms with E-state index in [1.165, 1.54) is 18.4 Å². The summed E-state index contributed by atoms with van der Waals surface area (Å²) in [6.07, 6.45) is 5.29. The molecule has 18 heavy (non-hydrogen) atoms. The van der Waals surface area contributed by atoms with E-state index in [1.54, 1.807) is 6.08 Å². The SMILES string of the molecule is CC(N=C=O)C1CCCCN1Cc1ccccc1. The van der Waals surface area contributed by atoms with Crippen LogP contribution in [0.2, 0.25) is 0 Å². The van der Waals surface area contributed by atoms with Crippen molar-refractivity contribution in [2.75, 3.05) is 6.54 Å². The maximum absolute atomic E-state index is 10.4. The quantitative estimate of drug-likeness (QED) is 0.602. The van der Waals surface area contributed by atoms with E-state index in [2.05, 4.69) is 34.2 Å². The van der Waals surface area contributed by atoms with E-state index in [1.807, 2.05) is 13.0 Å². The van der Waals surface area contributed by atoms with E-state index in [4.69, 9.17) is 0 Å². The van der Waals surface area contributed by atoms with E-state index in [0.717, 1.165) is 19.5 Å². The van der Waals surface area contributed by atoms with E-state index < -0.39 is 0 Å².